The molecule has 0 bridgehead atoms. The van der Waals surface area contributed by atoms with Gasteiger partial charge in [-0.1, -0.05) is 48.5 Å². The zero-order chi connectivity index (χ0) is 24.9. The first-order chi connectivity index (χ1) is 17.7. The number of fused-ring (bicyclic) bond motifs is 2. The summed E-state index contributed by atoms with van der Waals surface area (Å²) >= 11 is 0. The van der Waals surface area contributed by atoms with Gasteiger partial charge in [0.1, 0.15) is 18.2 Å². The maximum absolute atomic E-state index is 12.9. The largest absolute Gasteiger partial charge is 0.493 e. The lowest BCUT2D eigenvalue weighted by Gasteiger charge is -2.13. The highest BCUT2D eigenvalue weighted by Crippen LogP contribution is 2.28. The summed E-state index contributed by atoms with van der Waals surface area (Å²) in [4.78, 5) is 17.6. The third-order valence-corrected chi connectivity index (χ3v) is 6.11. The highest BCUT2D eigenvalue weighted by Gasteiger charge is 2.14. The van der Waals surface area contributed by atoms with E-state index < -0.39 is 0 Å². The second-order valence-corrected chi connectivity index (χ2v) is 8.25. The van der Waals surface area contributed by atoms with Crippen molar-refractivity contribution in [3.05, 3.63) is 96.3 Å². The number of carbonyl (C=O) groups excluding carboxylic acids is 1. The number of hydrogen-bond donors (Lipinski definition) is 1. The summed E-state index contributed by atoms with van der Waals surface area (Å²) in [5.74, 6) is 2.46. The minimum absolute atomic E-state index is 0.221. The van der Waals surface area contributed by atoms with Gasteiger partial charge in [-0.2, -0.15) is 0 Å². The van der Waals surface area contributed by atoms with Crippen LogP contribution in [0, 0.1) is 0 Å². The molecule has 7 nitrogen and oxygen atoms in total. The molecule has 182 valence electrons. The molecule has 1 aromatic heterocycles. The first-order valence-electron chi connectivity index (χ1n) is 11.7. The summed E-state index contributed by atoms with van der Waals surface area (Å²) < 4.78 is 18.9. The Balaban J connectivity index is 1.32. The van der Waals surface area contributed by atoms with Crippen molar-refractivity contribution in [2.24, 2.45) is 0 Å². The minimum Gasteiger partial charge on any atom is -0.493 e. The Morgan fingerprint density at radius 2 is 1.64 bits per heavy atom. The maximum atomic E-state index is 12.9. The first kappa shape index (κ1) is 23.2. The number of benzene rings is 4. The van der Waals surface area contributed by atoms with Gasteiger partial charge in [-0.25, -0.2) is 4.98 Å². The molecule has 0 saturated carbocycles. The fraction of sp³-hybridized carbons (Fsp3) is 0.172. The van der Waals surface area contributed by atoms with E-state index in [0.717, 1.165) is 33.4 Å². The predicted octanol–water partition coefficient (Wildman–Crippen LogP) is 5.22. The molecule has 1 N–H and O–H groups in total. The topological polar surface area (TPSA) is 74.6 Å². The Labute approximate surface area is 209 Å². The van der Waals surface area contributed by atoms with Crippen LogP contribution >= 0.6 is 0 Å². The second-order valence-electron chi connectivity index (χ2n) is 8.25. The molecular formula is C29H27N3O4. The van der Waals surface area contributed by atoms with E-state index >= 15 is 0 Å². The molecule has 0 atom stereocenters. The van der Waals surface area contributed by atoms with E-state index in [0.29, 0.717) is 30.2 Å². The molecule has 0 aliphatic heterocycles. The van der Waals surface area contributed by atoms with Crippen LogP contribution in [0.15, 0.2) is 84.9 Å². The molecular weight excluding hydrogens is 454 g/mol. The van der Waals surface area contributed by atoms with E-state index in [1.807, 2.05) is 48.5 Å². The van der Waals surface area contributed by atoms with E-state index in [9.17, 15) is 4.79 Å². The third-order valence-electron chi connectivity index (χ3n) is 6.11. The quantitative estimate of drug-likeness (QED) is 0.313. The van der Waals surface area contributed by atoms with Crippen LogP contribution in [0.5, 0.6) is 17.2 Å². The summed E-state index contributed by atoms with van der Waals surface area (Å²) in [6, 6.07) is 27.2. The summed E-state index contributed by atoms with van der Waals surface area (Å²) in [5, 5.41) is 5.20. The lowest BCUT2D eigenvalue weighted by molar-refractivity contribution is 0.0949. The van der Waals surface area contributed by atoms with Gasteiger partial charge in [0.25, 0.3) is 5.91 Å². The third kappa shape index (κ3) is 4.68. The van der Waals surface area contributed by atoms with Crippen molar-refractivity contribution in [3.8, 4) is 17.2 Å². The van der Waals surface area contributed by atoms with Crippen molar-refractivity contribution in [2.45, 2.75) is 13.1 Å². The molecule has 0 unspecified atom stereocenters. The standard InChI is InChI=1S/C29H27N3O4/c1-34-26-15-14-21(18-27(26)35-2)29(33)30-19-28-31-23-11-5-6-12-24(23)32(28)16-17-36-25-13-7-9-20-8-3-4-10-22(20)25/h3-15,18H,16-17,19H2,1-2H3,(H,30,33). The van der Waals surface area contributed by atoms with Crippen LogP contribution in [0.1, 0.15) is 16.2 Å². The summed E-state index contributed by atoms with van der Waals surface area (Å²) in [6.45, 7) is 1.33. The average Bonchev–Trinajstić information content (AvgIpc) is 3.28. The van der Waals surface area contributed by atoms with Gasteiger partial charge in [0.2, 0.25) is 0 Å². The van der Waals surface area contributed by atoms with Gasteiger partial charge in [-0.05, 0) is 41.8 Å². The molecule has 5 rings (SSSR count). The van der Waals surface area contributed by atoms with Crippen molar-refractivity contribution >= 4 is 27.7 Å². The van der Waals surface area contributed by atoms with Crippen LogP contribution in [0.2, 0.25) is 0 Å². The lowest BCUT2D eigenvalue weighted by atomic mass is 10.1. The first-order valence-corrected chi connectivity index (χ1v) is 11.7. The number of nitrogens with zero attached hydrogens (tertiary/aromatic N) is 2. The van der Waals surface area contributed by atoms with Gasteiger partial charge >= 0.3 is 0 Å². The second kappa shape index (κ2) is 10.4. The van der Waals surface area contributed by atoms with Crippen LogP contribution in [-0.4, -0.2) is 36.3 Å². The van der Waals surface area contributed by atoms with E-state index in [1.165, 1.54) is 0 Å². The van der Waals surface area contributed by atoms with E-state index in [4.69, 9.17) is 19.2 Å². The monoisotopic (exact) mass is 481 g/mol. The summed E-state index contributed by atoms with van der Waals surface area (Å²) in [6.07, 6.45) is 0. The number of nitrogens with one attached hydrogen (secondary N) is 1. The number of para-hydroxylation sites is 2. The van der Waals surface area contributed by atoms with Crippen molar-refractivity contribution in [3.63, 3.8) is 0 Å². The molecule has 1 heterocycles. The number of methoxy groups -OCH3 is 2. The Morgan fingerprint density at radius 3 is 2.50 bits per heavy atom. The Bertz CT molecular complexity index is 1520. The number of imidazole rings is 1. The van der Waals surface area contributed by atoms with Crippen molar-refractivity contribution in [1.29, 1.82) is 0 Å². The van der Waals surface area contributed by atoms with E-state index in [-0.39, 0.29) is 12.5 Å². The highest BCUT2D eigenvalue weighted by molar-refractivity contribution is 5.95. The number of aromatic nitrogens is 2. The van der Waals surface area contributed by atoms with Crippen molar-refractivity contribution in [1.82, 2.24) is 14.9 Å². The minimum atomic E-state index is -0.221. The zero-order valence-corrected chi connectivity index (χ0v) is 20.2. The van der Waals surface area contributed by atoms with Gasteiger partial charge in [0.15, 0.2) is 11.5 Å². The molecule has 0 fully saturated rings. The fourth-order valence-corrected chi connectivity index (χ4v) is 4.32. The number of rotatable bonds is 9. The average molecular weight is 482 g/mol. The van der Waals surface area contributed by atoms with Gasteiger partial charge in [0, 0.05) is 10.9 Å². The van der Waals surface area contributed by atoms with Crippen LogP contribution in [0.3, 0.4) is 0 Å². The molecule has 0 saturated heterocycles. The number of hydrogen-bond acceptors (Lipinski definition) is 5. The Morgan fingerprint density at radius 1 is 0.861 bits per heavy atom. The molecule has 0 aliphatic rings. The van der Waals surface area contributed by atoms with Crippen LogP contribution in [-0.2, 0) is 13.1 Å². The van der Waals surface area contributed by atoms with E-state index in [1.54, 1.807) is 32.4 Å². The van der Waals surface area contributed by atoms with Crippen LogP contribution < -0.4 is 19.5 Å². The van der Waals surface area contributed by atoms with Crippen molar-refractivity contribution in [2.75, 3.05) is 20.8 Å². The van der Waals surface area contributed by atoms with Gasteiger partial charge < -0.3 is 24.1 Å². The van der Waals surface area contributed by atoms with Crippen molar-refractivity contribution < 1.29 is 19.0 Å². The smallest absolute Gasteiger partial charge is 0.251 e. The Hall–Kier alpha value is -4.52. The van der Waals surface area contributed by atoms with Crippen LogP contribution in [0.25, 0.3) is 21.8 Å². The summed E-state index contributed by atoms with van der Waals surface area (Å²) in [5.41, 5.74) is 2.35. The SMILES string of the molecule is COc1ccc(C(=O)NCc2nc3ccccc3n2CCOc2cccc3ccccc23)cc1OC. The number of amides is 1. The molecule has 0 aliphatic carbocycles. The molecule has 7 heteroatoms. The predicted molar refractivity (Wildman–Crippen MR) is 140 cm³/mol. The molecule has 1 amide bonds. The van der Waals surface area contributed by atoms with E-state index in [2.05, 4.69) is 28.1 Å². The Kier molecular flexibility index (Phi) is 6.71. The number of carbonyl (C=O) groups is 1. The molecule has 5 aromatic rings. The normalized spacial score (nSPS) is 10.9. The van der Waals surface area contributed by atoms with Gasteiger partial charge in [0.05, 0.1) is 38.3 Å². The zero-order valence-electron chi connectivity index (χ0n) is 20.2. The highest BCUT2D eigenvalue weighted by atomic mass is 16.5. The molecule has 0 radical (unpaired) electrons. The summed E-state index contributed by atoms with van der Waals surface area (Å²) in [7, 11) is 3.11. The fourth-order valence-electron chi connectivity index (χ4n) is 4.32. The molecule has 0 spiro atoms. The van der Waals surface area contributed by atoms with Gasteiger partial charge in [-0.3, -0.25) is 4.79 Å². The number of ether oxygens (including phenoxy) is 3. The van der Waals surface area contributed by atoms with Gasteiger partial charge in [-0.15, -0.1) is 0 Å². The molecule has 4 aromatic carbocycles. The van der Waals surface area contributed by atoms with Crippen LogP contribution in [0.4, 0.5) is 0 Å². The maximum Gasteiger partial charge on any atom is 0.251 e. The molecule has 36 heavy (non-hydrogen) atoms. The lowest BCUT2D eigenvalue weighted by Crippen LogP contribution is -2.25.